The molecule has 0 radical (unpaired) electrons. The molecule has 6 heteroatoms. The molecule has 1 aliphatic heterocycles. The molecule has 0 aromatic heterocycles. The summed E-state index contributed by atoms with van der Waals surface area (Å²) < 4.78 is 4.45. The number of hydrogen-bond acceptors (Lipinski definition) is 3. The van der Waals surface area contributed by atoms with Crippen molar-refractivity contribution in [3.8, 4) is 0 Å². The van der Waals surface area contributed by atoms with Crippen molar-refractivity contribution in [2.45, 2.75) is 62.9 Å². The van der Waals surface area contributed by atoms with Crippen molar-refractivity contribution in [3.05, 3.63) is 0 Å². The molecule has 4 aliphatic rings. The van der Waals surface area contributed by atoms with Gasteiger partial charge in [0.2, 0.25) is 0 Å². The van der Waals surface area contributed by atoms with Gasteiger partial charge in [-0.05, 0) is 37.0 Å². The SMILES string of the molecule is CC1(C)[C@H]2CC[C@@]1(C)[C@H](OC(=O)N1CC[C@H]3C(=O)C(Cl)(Cl)[C@H]31)C2. The van der Waals surface area contributed by atoms with E-state index in [1.807, 2.05) is 0 Å². The van der Waals surface area contributed by atoms with Crippen LogP contribution >= 0.6 is 23.2 Å². The topological polar surface area (TPSA) is 46.6 Å². The number of carbonyl (C=O) groups excluding carboxylic acids is 2. The molecule has 0 spiro atoms. The van der Waals surface area contributed by atoms with Gasteiger partial charge in [0, 0.05) is 17.9 Å². The fraction of sp³-hybridized carbons (Fsp3) is 0.882. The standard InChI is InChI=1S/C17H23Cl2NO3/c1-15(2)9-4-6-16(15,3)11(8-9)23-14(22)20-7-5-10-12(20)17(18,19)13(10)21/h9-12H,4-8H2,1-3H3/t9-,10+,11+,12-,16-/m0/s1. The summed E-state index contributed by atoms with van der Waals surface area (Å²) in [4.78, 5) is 26.1. The zero-order chi connectivity index (χ0) is 16.8. The van der Waals surface area contributed by atoms with Gasteiger partial charge in [-0.15, -0.1) is 0 Å². The molecule has 0 unspecified atom stereocenters. The number of ketones is 1. The van der Waals surface area contributed by atoms with Gasteiger partial charge in [-0.1, -0.05) is 44.0 Å². The molecule has 0 aromatic rings. The number of amides is 1. The van der Waals surface area contributed by atoms with Crippen molar-refractivity contribution in [1.29, 1.82) is 0 Å². The fourth-order valence-electron chi connectivity index (χ4n) is 5.51. The van der Waals surface area contributed by atoms with Gasteiger partial charge in [-0.25, -0.2) is 4.79 Å². The number of carbonyl (C=O) groups is 2. The van der Waals surface area contributed by atoms with E-state index >= 15 is 0 Å². The van der Waals surface area contributed by atoms with Gasteiger partial charge in [-0.3, -0.25) is 4.79 Å². The van der Waals surface area contributed by atoms with Crippen LogP contribution in [-0.4, -0.2) is 39.8 Å². The fourth-order valence-corrected chi connectivity index (χ4v) is 6.33. The summed E-state index contributed by atoms with van der Waals surface area (Å²) in [6.45, 7) is 7.32. The summed E-state index contributed by atoms with van der Waals surface area (Å²) in [5.74, 6) is 0.237. The molecular formula is C17H23Cl2NO3. The van der Waals surface area contributed by atoms with Gasteiger partial charge in [0.25, 0.3) is 0 Å². The maximum absolute atomic E-state index is 12.7. The van der Waals surface area contributed by atoms with E-state index in [2.05, 4.69) is 20.8 Å². The Labute approximate surface area is 146 Å². The molecule has 23 heavy (non-hydrogen) atoms. The number of Topliss-reactive ketones (excluding diaryl/α,β-unsaturated/α-hetero) is 1. The van der Waals surface area contributed by atoms with Crippen molar-refractivity contribution in [1.82, 2.24) is 4.90 Å². The summed E-state index contributed by atoms with van der Waals surface area (Å²) in [6.07, 6.45) is 3.47. The maximum atomic E-state index is 12.7. The second-order valence-electron chi connectivity index (χ2n) is 8.50. The van der Waals surface area contributed by atoms with Crippen LogP contribution in [0.3, 0.4) is 0 Å². The first-order valence-corrected chi connectivity index (χ1v) is 9.25. The molecule has 3 saturated carbocycles. The van der Waals surface area contributed by atoms with Gasteiger partial charge in [0.15, 0.2) is 10.1 Å². The van der Waals surface area contributed by atoms with E-state index in [1.165, 1.54) is 6.42 Å². The largest absolute Gasteiger partial charge is 0.445 e. The minimum atomic E-state index is -1.46. The Balaban J connectivity index is 1.49. The highest BCUT2D eigenvalue weighted by atomic mass is 35.5. The van der Waals surface area contributed by atoms with E-state index in [0.717, 1.165) is 12.8 Å². The number of fused-ring (bicyclic) bond motifs is 3. The lowest BCUT2D eigenvalue weighted by molar-refractivity contribution is -0.133. The molecule has 128 valence electrons. The number of ether oxygens (including phenoxy) is 1. The molecule has 5 atom stereocenters. The van der Waals surface area contributed by atoms with Crippen LogP contribution in [0.25, 0.3) is 0 Å². The van der Waals surface area contributed by atoms with E-state index in [0.29, 0.717) is 18.9 Å². The lowest BCUT2D eigenvalue weighted by atomic mass is 9.70. The Morgan fingerprint density at radius 1 is 1.26 bits per heavy atom. The normalized spacial score (nSPS) is 45.8. The smallest absolute Gasteiger partial charge is 0.410 e. The molecule has 1 saturated heterocycles. The van der Waals surface area contributed by atoms with Crippen molar-refractivity contribution in [3.63, 3.8) is 0 Å². The van der Waals surface area contributed by atoms with Crippen LogP contribution in [0.4, 0.5) is 4.79 Å². The zero-order valence-electron chi connectivity index (χ0n) is 13.8. The van der Waals surface area contributed by atoms with Crippen LogP contribution in [0.5, 0.6) is 0 Å². The van der Waals surface area contributed by atoms with Crippen LogP contribution in [0.1, 0.15) is 46.5 Å². The maximum Gasteiger partial charge on any atom is 0.410 e. The third-order valence-electron chi connectivity index (χ3n) is 7.63. The third-order valence-corrected chi connectivity index (χ3v) is 8.45. The van der Waals surface area contributed by atoms with Crippen LogP contribution < -0.4 is 0 Å². The Morgan fingerprint density at radius 3 is 2.52 bits per heavy atom. The quantitative estimate of drug-likeness (QED) is 0.669. The summed E-state index contributed by atoms with van der Waals surface area (Å²) in [5, 5.41) is 0. The van der Waals surface area contributed by atoms with Crippen molar-refractivity contribution in [2.24, 2.45) is 22.7 Å². The predicted octanol–water partition coefficient (Wildman–Crippen LogP) is 3.78. The lowest BCUT2D eigenvalue weighted by Gasteiger charge is -2.45. The molecule has 4 nitrogen and oxygen atoms in total. The number of rotatable bonds is 1. The Morgan fingerprint density at radius 2 is 1.96 bits per heavy atom. The third kappa shape index (κ3) is 1.80. The first kappa shape index (κ1) is 16.0. The monoisotopic (exact) mass is 359 g/mol. The van der Waals surface area contributed by atoms with Gasteiger partial charge >= 0.3 is 6.09 Å². The Hall–Kier alpha value is -0.480. The van der Waals surface area contributed by atoms with Crippen LogP contribution in [-0.2, 0) is 9.53 Å². The lowest BCUT2D eigenvalue weighted by Crippen LogP contribution is -2.64. The van der Waals surface area contributed by atoms with Crippen molar-refractivity contribution >= 4 is 35.1 Å². The second-order valence-corrected chi connectivity index (χ2v) is 9.89. The number of nitrogens with zero attached hydrogens (tertiary/aromatic N) is 1. The molecule has 2 bridgehead atoms. The molecular weight excluding hydrogens is 337 g/mol. The summed E-state index contributed by atoms with van der Waals surface area (Å²) in [5.41, 5.74) is 0.224. The van der Waals surface area contributed by atoms with Crippen LogP contribution in [0.15, 0.2) is 0 Å². The van der Waals surface area contributed by atoms with Crippen LogP contribution in [0.2, 0.25) is 0 Å². The average molecular weight is 360 g/mol. The molecule has 3 aliphatic carbocycles. The molecule has 4 rings (SSSR count). The first-order chi connectivity index (χ1) is 10.6. The van der Waals surface area contributed by atoms with Gasteiger partial charge < -0.3 is 9.64 Å². The van der Waals surface area contributed by atoms with E-state index < -0.39 is 10.4 Å². The Bertz CT molecular complexity index is 590. The van der Waals surface area contributed by atoms with Gasteiger partial charge in [0.1, 0.15) is 6.10 Å². The number of hydrogen-bond donors (Lipinski definition) is 0. The Kier molecular flexibility index (Phi) is 3.18. The van der Waals surface area contributed by atoms with Gasteiger partial charge in [-0.2, -0.15) is 0 Å². The summed E-state index contributed by atoms with van der Waals surface area (Å²) >= 11 is 12.2. The number of halogens is 2. The van der Waals surface area contributed by atoms with Crippen molar-refractivity contribution < 1.29 is 14.3 Å². The van der Waals surface area contributed by atoms with Crippen molar-refractivity contribution in [2.75, 3.05) is 6.54 Å². The highest BCUT2D eigenvalue weighted by Crippen LogP contribution is 2.66. The summed E-state index contributed by atoms with van der Waals surface area (Å²) in [7, 11) is 0. The van der Waals surface area contributed by atoms with E-state index in [-0.39, 0.29) is 34.7 Å². The number of alkyl halides is 2. The van der Waals surface area contributed by atoms with E-state index in [4.69, 9.17) is 27.9 Å². The molecule has 0 N–H and O–H groups in total. The average Bonchev–Trinajstić information content (AvgIpc) is 3.05. The second kappa shape index (κ2) is 4.57. The van der Waals surface area contributed by atoms with E-state index in [1.54, 1.807) is 4.90 Å². The molecule has 4 fully saturated rings. The van der Waals surface area contributed by atoms with E-state index in [9.17, 15) is 9.59 Å². The summed E-state index contributed by atoms with van der Waals surface area (Å²) in [6, 6.07) is -0.426. The minimum absolute atomic E-state index is 0.0287. The molecule has 1 amide bonds. The minimum Gasteiger partial charge on any atom is -0.445 e. The number of likely N-dealkylation sites (tertiary alicyclic amines) is 1. The highest BCUT2D eigenvalue weighted by Gasteiger charge is 2.67. The predicted molar refractivity (Wildman–Crippen MR) is 87.5 cm³/mol. The van der Waals surface area contributed by atoms with Crippen LogP contribution in [0, 0.1) is 22.7 Å². The molecule has 0 aromatic carbocycles. The van der Waals surface area contributed by atoms with Gasteiger partial charge in [0.05, 0.1) is 6.04 Å². The molecule has 1 heterocycles. The highest BCUT2D eigenvalue weighted by molar-refractivity contribution is 6.61. The first-order valence-electron chi connectivity index (χ1n) is 8.50. The zero-order valence-corrected chi connectivity index (χ0v) is 15.3.